The first-order valence-corrected chi connectivity index (χ1v) is 8.63. The fourth-order valence-electron chi connectivity index (χ4n) is 2.98. The van der Waals surface area contributed by atoms with E-state index in [1.807, 2.05) is 15.9 Å². The Labute approximate surface area is 126 Å². The van der Waals surface area contributed by atoms with E-state index in [1.54, 1.807) is 6.26 Å². The summed E-state index contributed by atoms with van der Waals surface area (Å²) in [4.78, 5) is 8.40. The molecule has 1 aliphatic rings. The molecule has 3 heterocycles. The Kier molecular flexibility index (Phi) is 3.90. The average molecular weight is 308 g/mol. The Hall–Kier alpha value is -1.54. The summed E-state index contributed by atoms with van der Waals surface area (Å²) in [7, 11) is -0.902. The van der Waals surface area contributed by atoms with Crippen LogP contribution in [0.1, 0.15) is 31.0 Å². The van der Waals surface area contributed by atoms with Gasteiger partial charge in [0.25, 0.3) is 0 Å². The monoisotopic (exact) mass is 308 g/mol. The quantitative estimate of drug-likeness (QED) is 0.895. The maximum absolute atomic E-state index is 11.6. The van der Waals surface area contributed by atoms with Crippen LogP contribution in [-0.4, -0.2) is 47.6 Å². The maximum atomic E-state index is 11.6. The van der Waals surface area contributed by atoms with E-state index in [0.717, 1.165) is 49.1 Å². The largest absolute Gasteiger partial charge is 0.383 e. The third kappa shape index (κ3) is 2.65. The number of aromatic nitrogens is 4. The summed E-state index contributed by atoms with van der Waals surface area (Å²) in [6, 6.07) is 0.268. The second-order valence-corrected chi connectivity index (χ2v) is 6.79. The van der Waals surface area contributed by atoms with Gasteiger partial charge >= 0.3 is 0 Å². The van der Waals surface area contributed by atoms with E-state index in [2.05, 4.69) is 15.1 Å². The van der Waals surface area contributed by atoms with E-state index >= 15 is 0 Å². The van der Waals surface area contributed by atoms with Crippen molar-refractivity contribution in [3.8, 4) is 0 Å². The minimum absolute atomic E-state index is 0.268. The number of nitrogen functional groups attached to an aromatic ring is 1. The molecule has 1 fully saturated rings. The second kappa shape index (κ2) is 5.69. The minimum atomic E-state index is -0.902. The number of aryl methyl sites for hydroxylation is 1. The molecule has 114 valence electrons. The molecule has 2 aromatic heterocycles. The molecule has 0 bridgehead atoms. The summed E-state index contributed by atoms with van der Waals surface area (Å²) in [6.45, 7) is 3.62. The van der Waals surface area contributed by atoms with Crippen molar-refractivity contribution >= 4 is 27.8 Å². The van der Waals surface area contributed by atoms with Gasteiger partial charge in [-0.15, -0.1) is 0 Å². The number of rotatable bonds is 2. The average Bonchev–Trinajstić information content (AvgIpc) is 2.64. The van der Waals surface area contributed by atoms with Gasteiger partial charge in [0.05, 0.1) is 28.1 Å². The zero-order valence-electron chi connectivity index (χ0n) is 12.3. The van der Waals surface area contributed by atoms with Gasteiger partial charge in [-0.1, -0.05) is 0 Å². The standard InChI is InChI=1S/C13H20N6OS/c1-9-11-12(14)15-8-16-13(11)19(17-9)10-4-3-6-18(7-5-10)21(2)20/h8,10H,3-7H2,1-2H3,(H2,14,15,16). The van der Waals surface area contributed by atoms with Crippen LogP contribution in [-0.2, 0) is 11.0 Å². The Bertz CT molecular complexity index is 685. The molecule has 7 nitrogen and oxygen atoms in total. The Morgan fingerprint density at radius 1 is 1.33 bits per heavy atom. The molecule has 1 aliphatic heterocycles. The van der Waals surface area contributed by atoms with Gasteiger partial charge < -0.3 is 5.73 Å². The van der Waals surface area contributed by atoms with E-state index in [0.29, 0.717) is 5.82 Å². The van der Waals surface area contributed by atoms with Crippen LogP contribution in [0.5, 0.6) is 0 Å². The van der Waals surface area contributed by atoms with Crippen LogP contribution in [0.4, 0.5) is 5.82 Å². The lowest BCUT2D eigenvalue weighted by atomic mass is 10.1. The summed E-state index contributed by atoms with van der Waals surface area (Å²) >= 11 is 0. The maximum Gasteiger partial charge on any atom is 0.163 e. The first kappa shape index (κ1) is 14.4. The third-order valence-corrected chi connectivity index (χ3v) is 5.15. The zero-order valence-corrected chi connectivity index (χ0v) is 13.1. The summed E-state index contributed by atoms with van der Waals surface area (Å²) in [5, 5.41) is 5.47. The molecule has 3 rings (SSSR count). The fraction of sp³-hybridized carbons (Fsp3) is 0.615. The fourth-order valence-corrected chi connectivity index (χ4v) is 3.73. The molecule has 2 N–H and O–H groups in total. The van der Waals surface area contributed by atoms with Crippen LogP contribution in [0, 0.1) is 6.92 Å². The van der Waals surface area contributed by atoms with Gasteiger partial charge in [-0.2, -0.15) is 5.10 Å². The highest BCUT2D eigenvalue weighted by atomic mass is 32.2. The predicted molar refractivity (Wildman–Crippen MR) is 83.0 cm³/mol. The van der Waals surface area contributed by atoms with Crippen molar-refractivity contribution < 1.29 is 4.21 Å². The molecule has 21 heavy (non-hydrogen) atoms. The minimum Gasteiger partial charge on any atom is -0.383 e. The van der Waals surface area contributed by atoms with Gasteiger partial charge in [0.2, 0.25) is 0 Å². The summed E-state index contributed by atoms with van der Waals surface area (Å²) < 4.78 is 15.6. The molecule has 0 amide bonds. The number of nitrogens with zero attached hydrogens (tertiary/aromatic N) is 5. The van der Waals surface area contributed by atoms with Gasteiger partial charge in [0.15, 0.2) is 5.65 Å². The molecule has 0 aromatic carbocycles. The normalized spacial score (nSPS) is 22.3. The molecule has 0 spiro atoms. The van der Waals surface area contributed by atoms with Crippen molar-refractivity contribution in [2.45, 2.75) is 32.2 Å². The van der Waals surface area contributed by atoms with Crippen LogP contribution >= 0.6 is 0 Å². The van der Waals surface area contributed by atoms with Crippen LogP contribution in [0.15, 0.2) is 6.33 Å². The zero-order chi connectivity index (χ0) is 15.0. The lowest BCUT2D eigenvalue weighted by Gasteiger charge is -2.17. The first-order chi connectivity index (χ1) is 10.1. The summed E-state index contributed by atoms with van der Waals surface area (Å²) in [5.41, 5.74) is 7.61. The number of hydrogen-bond donors (Lipinski definition) is 1. The molecule has 2 unspecified atom stereocenters. The number of fused-ring (bicyclic) bond motifs is 1. The highest BCUT2D eigenvalue weighted by Gasteiger charge is 2.23. The molecule has 1 saturated heterocycles. The Morgan fingerprint density at radius 2 is 2.14 bits per heavy atom. The molecular weight excluding hydrogens is 288 g/mol. The molecule has 0 aliphatic carbocycles. The smallest absolute Gasteiger partial charge is 0.163 e. The second-order valence-electron chi connectivity index (χ2n) is 5.43. The third-order valence-electron chi connectivity index (χ3n) is 4.06. The van der Waals surface area contributed by atoms with Crippen molar-refractivity contribution in [2.75, 3.05) is 25.1 Å². The van der Waals surface area contributed by atoms with Crippen LogP contribution < -0.4 is 5.73 Å². The molecule has 0 radical (unpaired) electrons. The topological polar surface area (TPSA) is 89.9 Å². The summed E-state index contributed by atoms with van der Waals surface area (Å²) in [6.07, 6.45) is 6.15. The van der Waals surface area contributed by atoms with E-state index < -0.39 is 11.0 Å². The van der Waals surface area contributed by atoms with Crippen molar-refractivity contribution in [3.05, 3.63) is 12.0 Å². The lowest BCUT2D eigenvalue weighted by molar-refractivity contribution is 0.407. The molecular formula is C13H20N6OS. The van der Waals surface area contributed by atoms with Crippen LogP contribution in [0.3, 0.4) is 0 Å². The van der Waals surface area contributed by atoms with Gasteiger partial charge in [-0.3, -0.25) is 0 Å². The van der Waals surface area contributed by atoms with Crippen molar-refractivity contribution in [1.29, 1.82) is 0 Å². The Balaban J connectivity index is 1.94. The number of nitrogens with two attached hydrogens (primary N) is 1. The van der Waals surface area contributed by atoms with Crippen molar-refractivity contribution in [1.82, 2.24) is 24.1 Å². The van der Waals surface area contributed by atoms with Gasteiger partial charge in [-0.25, -0.2) is 23.2 Å². The van der Waals surface area contributed by atoms with Crippen LogP contribution in [0.25, 0.3) is 11.0 Å². The molecule has 8 heteroatoms. The van der Waals surface area contributed by atoms with Crippen molar-refractivity contribution in [2.24, 2.45) is 0 Å². The number of anilines is 1. The van der Waals surface area contributed by atoms with Gasteiger partial charge in [0.1, 0.15) is 12.1 Å². The van der Waals surface area contributed by atoms with E-state index in [4.69, 9.17) is 5.73 Å². The Morgan fingerprint density at radius 3 is 2.90 bits per heavy atom. The number of hydrogen-bond acceptors (Lipinski definition) is 5. The van der Waals surface area contributed by atoms with Gasteiger partial charge in [-0.05, 0) is 26.2 Å². The SMILES string of the molecule is Cc1nn(C2CCCN(S(C)=O)CC2)c2ncnc(N)c12. The molecule has 2 atom stereocenters. The van der Waals surface area contributed by atoms with E-state index in [9.17, 15) is 4.21 Å². The molecule has 0 saturated carbocycles. The highest BCUT2D eigenvalue weighted by molar-refractivity contribution is 7.81. The lowest BCUT2D eigenvalue weighted by Crippen LogP contribution is -2.26. The summed E-state index contributed by atoms with van der Waals surface area (Å²) in [5.74, 6) is 0.480. The predicted octanol–water partition coefficient (Wildman–Crippen LogP) is 1.04. The first-order valence-electron chi connectivity index (χ1n) is 7.11. The van der Waals surface area contributed by atoms with Crippen molar-refractivity contribution in [3.63, 3.8) is 0 Å². The van der Waals surface area contributed by atoms with E-state index in [-0.39, 0.29) is 6.04 Å². The molecule has 2 aromatic rings. The highest BCUT2D eigenvalue weighted by Crippen LogP contribution is 2.28. The van der Waals surface area contributed by atoms with Crippen LogP contribution in [0.2, 0.25) is 0 Å². The van der Waals surface area contributed by atoms with E-state index in [1.165, 1.54) is 6.33 Å². The van der Waals surface area contributed by atoms with Gasteiger partial charge in [0, 0.05) is 19.3 Å².